The van der Waals surface area contributed by atoms with Gasteiger partial charge in [-0.3, -0.25) is 9.36 Å². The second kappa shape index (κ2) is 8.46. The van der Waals surface area contributed by atoms with Crippen molar-refractivity contribution in [2.45, 2.75) is 19.9 Å². The number of aryl methyl sites for hydroxylation is 1. The lowest BCUT2D eigenvalue weighted by atomic mass is 10.0. The molecule has 1 N–H and O–H groups in total. The molecule has 0 aliphatic carbocycles. The van der Waals surface area contributed by atoms with Crippen LogP contribution in [0.25, 0.3) is 39.5 Å². The van der Waals surface area contributed by atoms with Gasteiger partial charge < -0.3 is 5.11 Å². The topological polar surface area (TPSA) is 90.0 Å². The molecule has 176 valence electrons. The molecule has 0 saturated carbocycles. The lowest BCUT2D eigenvalue weighted by Gasteiger charge is -2.06. The maximum Gasteiger partial charge on any atom is 0.335 e. The summed E-state index contributed by atoms with van der Waals surface area (Å²) >= 11 is 0. The molecule has 6 rings (SSSR count). The highest BCUT2D eigenvalue weighted by molar-refractivity contribution is 5.94. The van der Waals surface area contributed by atoms with Crippen LogP contribution in [0.2, 0.25) is 0 Å². The molecule has 0 bridgehead atoms. The molecule has 3 aromatic carbocycles. The van der Waals surface area contributed by atoms with Gasteiger partial charge in [0, 0.05) is 23.9 Å². The first-order chi connectivity index (χ1) is 17.5. The van der Waals surface area contributed by atoms with Gasteiger partial charge in [-0.05, 0) is 55.3 Å². The first-order valence-corrected chi connectivity index (χ1v) is 11.7. The molecule has 0 atom stereocenters. The number of carbonyl (C=O) groups is 1. The number of aromatic carboxylic acids is 1. The fourth-order valence-corrected chi connectivity index (χ4v) is 4.62. The highest BCUT2D eigenvalue weighted by Crippen LogP contribution is 2.32. The maximum atomic E-state index is 13.1. The highest BCUT2D eigenvalue weighted by atomic mass is 16.4. The lowest BCUT2D eigenvalue weighted by molar-refractivity contribution is 0.0697. The average molecular weight is 475 g/mol. The summed E-state index contributed by atoms with van der Waals surface area (Å²) in [5.74, 6) is -0.483. The molecule has 36 heavy (non-hydrogen) atoms. The molecule has 0 fully saturated rings. The molecule has 5 aromatic rings. The Kier molecular flexibility index (Phi) is 5.11. The molecule has 7 heteroatoms. The SMILES string of the molecule is Cc1ccc(-c2nn(-c3ccccc3)cc2/C=C2\CCn3c2nc2cc(C(=O)O)ccc2c3=O)cc1. The molecular formula is C29H22N4O3. The van der Waals surface area contributed by atoms with E-state index >= 15 is 0 Å². The third kappa shape index (κ3) is 3.71. The van der Waals surface area contributed by atoms with E-state index in [-0.39, 0.29) is 11.1 Å². The van der Waals surface area contributed by atoms with E-state index in [1.54, 1.807) is 10.6 Å². The van der Waals surface area contributed by atoms with Gasteiger partial charge >= 0.3 is 5.97 Å². The maximum absolute atomic E-state index is 13.1. The van der Waals surface area contributed by atoms with Crippen LogP contribution in [0.3, 0.4) is 0 Å². The Bertz CT molecular complexity index is 1730. The molecule has 7 nitrogen and oxygen atoms in total. The predicted molar refractivity (Wildman–Crippen MR) is 139 cm³/mol. The van der Waals surface area contributed by atoms with Crippen molar-refractivity contribution >= 4 is 28.5 Å². The van der Waals surface area contributed by atoms with Crippen LogP contribution in [0, 0.1) is 6.92 Å². The van der Waals surface area contributed by atoms with Gasteiger partial charge in [0.1, 0.15) is 5.82 Å². The Morgan fingerprint density at radius 3 is 2.56 bits per heavy atom. The molecule has 0 radical (unpaired) electrons. The number of allylic oxidation sites excluding steroid dienone is 1. The number of nitrogens with zero attached hydrogens (tertiary/aromatic N) is 4. The van der Waals surface area contributed by atoms with Crippen LogP contribution in [0.1, 0.15) is 33.7 Å². The normalized spacial score (nSPS) is 13.9. The van der Waals surface area contributed by atoms with Gasteiger partial charge in [-0.25, -0.2) is 14.5 Å². The van der Waals surface area contributed by atoms with Crippen molar-refractivity contribution in [1.82, 2.24) is 19.3 Å². The Hall–Kier alpha value is -4.78. The number of carboxylic acids is 1. The van der Waals surface area contributed by atoms with Crippen molar-refractivity contribution in [2.75, 3.05) is 0 Å². The third-order valence-corrected chi connectivity index (χ3v) is 6.51. The second-order valence-corrected chi connectivity index (χ2v) is 8.93. The van der Waals surface area contributed by atoms with Crippen LogP contribution >= 0.6 is 0 Å². The van der Waals surface area contributed by atoms with Gasteiger partial charge in [0.05, 0.1) is 27.8 Å². The summed E-state index contributed by atoms with van der Waals surface area (Å²) in [6, 6.07) is 22.6. The number of hydrogen-bond acceptors (Lipinski definition) is 4. The molecule has 3 heterocycles. The van der Waals surface area contributed by atoms with E-state index in [1.165, 1.54) is 17.7 Å². The molecule has 0 spiro atoms. The number of fused-ring (bicyclic) bond motifs is 2. The molecule has 0 saturated heterocycles. The Balaban J connectivity index is 1.52. The Morgan fingerprint density at radius 2 is 1.81 bits per heavy atom. The van der Waals surface area contributed by atoms with Gasteiger partial charge in [0.2, 0.25) is 0 Å². The minimum atomic E-state index is -1.05. The van der Waals surface area contributed by atoms with Crippen LogP contribution in [0.4, 0.5) is 0 Å². The minimum absolute atomic E-state index is 0.105. The van der Waals surface area contributed by atoms with Crippen molar-refractivity contribution < 1.29 is 9.90 Å². The van der Waals surface area contributed by atoms with Crippen LogP contribution in [0.5, 0.6) is 0 Å². The lowest BCUT2D eigenvalue weighted by Crippen LogP contribution is -2.21. The van der Waals surface area contributed by atoms with Crippen molar-refractivity contribution in [2.24, 2.45) is 0 Å². The fourth-order valence-electron chi connectivity index (χ4n) is 4.62. The van der Waals surface area contributed by atoms with Crippen LogP contribution < -0.4 is 5.56 Å². The summed E-state index contributed by atoms with van der Waals surface area (Å²) in [6.07, 6.45) is 4.68. The summed E-state index contributed by atoms with van der Waals surface area (Å²) in [4.78, 5) is 29.3. The summed E-state index contributed by atoms with van der Waals surface area (Å²) in [5.41, 5.74) is 6.11. The summed E-state index contributed by atoms with van der Waals surface area (Å²) in [5, 5.41) is 14.7. The smallest absolute Gasteiger partial charge is 0.335 e. The zero-order chi connectivity index (χ0) is 24.8. The first-order valence-electron chi connectivity index (χ1n) is 11.7. The second-order valence-electron chi connectivity index (χ2n) is 8.93. The number of carboxylic acid groups (broad SMARTS) is 1. The number of benzene rings is 3. The van der Waals surface area contributed by atoms with E-state index in [0.29, 0.717) is 29.7 Å². The minimum Gasteiger partial charge on any atom is -0.478 e. The first kappa shape index (κ1) is 21.7. The molecule has 1 aliphatic heterocycles. The number of hydrogen-bond donors (Lipinski definition) is 1. The molecule has 2 aromatic heterocycles. The number of rotatable bonds is 4. The summed E-state index contributed by atoms with van der Waals surface area (Å²) in [6.45, 7) is 2.57. The van der Waals surface area contributed by atoms with Gasteiger partial charge in [-0.2, -0.15) is 5.10 Å². The Labute approximate surface area is 206 Å². The van der Waals surface area contributed by atoms with Crippen molar-refractivity contribution in [3.63, 3.8) is 0 Å². The van der Waals surface area contributed by atoms with Gasteiger partial charge in [-0.15, -0.1) is 0 Å². The standard InChI is InChI=1S/C29H22N4O3/c1-18-7-9-19(10-8-18)26-22(17-33(31-26)23-5-3-2-4-6-23)15-20-13-14-32-27(20)30-25-16-21(29(35)36)11-12-24(25)28(32)34/h2-12,15-17H,13-14H2,1H3,(H,35,36)/b20-15+. The zero-order valence-corrected chi connectivity index (χ0v) is 19.5. The van der Waals surface area contributed by atoms with Gasteiger partial charge in [0.15, 0.2) is 0 Å². The zero-order valence-electron chi connectivity index (χ0n) is 19.5. The Morgan fingerprint density at radius 1 is 1.03 bits per heavy atom. The van der Waals surface area contributed by atoms with E-state index in [0.717, 1.165) is 28.1 Å². The summed E-state index contributed by atoms with van der Waals surface area (Å²) < 4.78 is 3.53. The van der Waals surface area contributed by atoms with Gasteiger partial charge in [0.25, 0.3) is 5.56 Å². The van der Waals surface area contributed by atoms with Crippen molar-refractivity contribution in [3.05, 3.63) is 112 Å². The van der Waals surface area contributed by atoms with E-state index < -0.39 is 5.97 Å². The number of aromatic nitrogens is 4. The van der Waals surface area contributed by atoms with E-state index in [4.69, 9.17) is 10.1 Å². The highest BCUT2D eigenvalue weighted by Gasteiger charge is 2.23. The van der Waals surface area contributed by atoms with Crippen molar-refractivity contribution in [1.29, 1.82) is 0 Å². The third-order valence-electron chi connectivity index (χ3n) is 6.51. The number of para-hydroxylation sites is 1. The monoisotopic (exact) mass is 474 g/mol. The van der Waals surface area contributed by atoms with E-state index in [1.807, 2.05) is 54.2 Å². The van der Waals surface area contributed by atoms with Crippen LogP contribution in [0.15, 0.2) is 83.8 Å². The fraction of sp³-hybridized carbons (Fsp3) is 0.103. The molecule has 0 unspecified atom stereocenters. The van der Waals surface area contributed by atoms with Crippen LogP contribution in [-0.4, -0.2) is 30.4 Å². The molecule has 0 amide bonds. The van der Waals surface area contributed by atoms with E-state index in [9.17, 15) is 14.7 Å². The molecule has 1 aliphatic rings. The quantitative estimate of drug-likeness (QED) is 0.387. The average Bonchev–Trinajstić information content (AvgIpc) is 3.50. The largest absolute Gasteiger partial charge is 0.478 e. The van der Waals surface area contributed by atoms with E-state index in [2.05, 4.69) is 24.3 Å². The predicted octanol–water partition coefficient (Wildman–Crippen LogP) is 5.20. The summed E-state index contributed by atoms with van der Waals surface area (Å²) in [7, 11) is 0. The van der Waals surface area contributed by atoms with Gasteiger partial charge in [-0.1, -0.05) is 48.0 Å². The molecular weight excluding hydrogens is 452 g/mol. The van der Waals surface area contributed by atoms with Crippen molar-refractivity contribution in [3.8, 4) is 16.9 Å². The van der Waals surface area contributed by atoms with Crippen LogP contribution in [-0.2, 0) is 6.54 Å².